The number of imide groups is 1. The van der Waals surface area contributed by atoms with Crippen LogP contribution in [0.15, 0.2) is 47.4 Å². The van der Waals surface area contributed by atoms with Gasteiger partial charge in [0.05, 0.1) is 0 Å². The molecule has 2 rings (SSSR count). The molecule has 0 aliphatic carbocycles. The third-order valence-electron chi connectivity index (χ3n) is 2.90. The van der Waals surface area contributed by atoms with E-state index in [4.69, 9.17) is 0 Å². The van der Waals surface area contributed by atoms with E-state index in [0.717, 1.165) is 30.3 Å². The van der Waals surface area contributed by atoms with Gasteiger partial charge in [-0.2, -0.15) is 13.2 Å². The first-order chi connectivity index (χ1) is 12.1. The Morgan fingerprint density at radius 3 is 2.04 bits per heavy atom. The third-order valence-corrected chi connectivity index (χ3v) is 4.00. The largest absolute Gasteiger partial charge is 0.446 e. The number of amides is 3. The number of nitrogens with zero attached hydrogens (tertiary/aromatic N) is 1. The lowest BCUT2D eigenvalue weighted by molar-refractivity contribution is -0.0328. The maximum absolute atomic E-state index is 13.6. The van der Waals surface area contributed by atoms with Gasteiger partial charge in [0.25, 0.3) is 5.91 Å². The first-order valence-electron chi connectivity index (χ1n) is 6.72. The number of hydrogen-bond acceptors (Lipinski definition) is 4. The minimum atomic E-state index is -4.46. The molecule has 0 heterocycles. The van der Waals surface area contributed by atoms with Crippen LogP contribution in [0.5, 0.6) is 0 Å². The number of hydrogen-bond donors (Lipinski definition) is 2. The van der Waals surface area contributed by atoms with Gasteiger partial charge in [-0.1, -0.05) is 18.9 Å². The van der Waals surface area contributed by atoms with Crippen molar-refractivity contribution in [2.75, 3.05) is 5.32 Å². The molecule has 2 aromatic carbocycles. The third kappa shape index (κ3) is 5.11. The molecule has 0 aliphatic heterocycles. The van der Waals surface area contributed by atoms with E-state index >= 15 is 0 Å². The summed E-state index contributed by atoms with van der Waals surface area (Å²) in [5, 5.41) is 2.18. The van der Waals surface area contributed by atoms with Gasteiger partial charge in [0, 0.05) is 10.6 Å². The molecular weight excluding hydrogens is 399 g/mol. The molecule has 0 saturated carbocycles. The van der Waals surface area contributed by atoms with Crippen molar-refractivity contribution in [3.05, 3.63) is 59.7 Å². The smallest absolute Gasteiger partial charge is 0.307 e. The van der Waals surface area contributed by atoms with E-state index in [0.29, 0.717) is 0 Å². The van der Waals surface area contributed by atoms with Crippen molar-refractivity contribution in [2.45, 2.75) is 10.4 Å². The van der Waals surface area contributed by atoms with Gasteiger partial charge in [-0.25, -0.2) is 17.9 Å². The molecule has 2 aromatic rings. The quantitative estimate of drug-likeness (QED) is 0.422. The van der Waals surface area contributed by atoms with Crippen LogP contribution in [0.25, 0.3) is 0 Å². The van der Waals surface area contributed by atoms with E-state index in [1.165, 1.54) is 12.1 Å². The lowest BCUT2D eigenvalue weighted by Gasteiger charge is -2.16. The Morgan fingerprint density at radius 2 is 1.54 bits per heavy atom. The molecule has 4 nitrogen and oxygen atoms in total. The average Bonchev–Trinajstić information content (AvgIpc) is 2.54. The Balaban J connectivity index is 2.08. The lowest BCUT2D eigenvalue weighted by atomic mass is 10.2. The number of halogens is 5. The van der Waals surface area contributed by atoms with Crippen molar-refractivity contribution >= 4 is 42.2 Å². The molecule has 1 N–H and O–H groups in total. The number of urea groups is 1. The lowest BCUT2D eigenvalue weighted by Crippen LogP contribution is -2.33. The number of thiol groups is 1. The van der Waals surface area contributed by atoms with E-state index in [2.05, 4.69) is 18.1 Å². The fourth-order valence-electron chi connectivity index (χ4n) is 1.82. The van der Waals surface area contributed by atoms with Crippen LogP contribution < -0.4 is 5.32 Å². The first-order valence-corrected chi connectivity index (χ1v) is 7.94. The highest BCUT2D eigenvalue weighted by molar-refractivity contribution is 8.00. The van der Waals surface area contributed by atoms with Gasteiger partial charge in [-0.05, 0) is 48.2 Å². The number of nitrogens with one attached hydrogen (secondary N) is 1. The van der Waals surface area contributed by atoms with E-state index in [1.807, 2.05) is 0 Å². The van der Waals surface area contributed by atoms with Crippen molar-refractivity contribution in [1.82, 2.24) is 4.31 Å². The van der Waals surface area contributed by atoms with Crippen LogP contribution in [0.4, 0.5) is 32.4 Å². The Morgan fingerprint density at radius 1 is 1.00 bits per heavy atom. The maximum atomic E-state index is 13.6. The first kappa shape index (κ1) is 20.0. The molecule has 0 fully saturated rings. The number of rotatable bonds is 3. The highest BCUT2D eigenvalue weighted by Crippen LogP contribution is 2.37. The molecule has 138 valence electrons. The Bertz CT molecular complexity index is 808. The van der Waals surface area contributed by atoms with E-state index < -0.39 is 34.6 Å². The Labute approximate surface area is 153 Å². The molecule has 0 atom stereocenters. The van der Waals surface area contributed by atoms with Crippen molar-refractivity contribution in [1.29, 1.82) is 0 Å². The van der Waals surface area contributed by atoms with E-state index in [9.17, 15) is 31.5 Å². The summed E-state index contributed by atoms with van der Waals surface area (Å²) in [5.74, 6) is -3.68. The topological polar surface area (TPSA) is 49.4 Å². The molecule has 26 heavy (non-hydrogen) atoms. The summed E-state index contributed by atoms with van der Waals surface area (Å²) in [7, 11) is 0. The van der Waals surface area contributed by atoms with Crippen LogP contribution in [0.3, 0.4) is 0 Å². The second kappa shape index (κ2) is 7.96. The zero-order chi connectivity index (χ0) is 19.5. The van der Waals surface area contributed by atoms with Gasteiger partial charge >= 0.3 is 11.5 Å². The minimum Gasteiger partial charge on any atom is -0.307 e. The number of thioether (sulfide) groups is 1. The summed E-state index contributed by atoms with van der Waals surface area (Å²) >= 11 is 3.28. The van der Waals surface area contributed by atoms with Crippen molar-refractivity contribution < 1.29 is 31.5 Å². The number of benzene rings is 2. The maximum Gasteiger partial charge on any atom is 0.446 e. The summed E-state index contributed by atoms with van der Waals surface area (Å²) in [5.41, 5.74) is -5.36. The van der Waals surface area contributed by atoms with Gasteiger partial charge < -0.3 is 5.32 Å². The van der Waals surface area contributed by atoms with E-state index in [1.54, 1.807) is 0 Å². The second-order valence-electron chi connectivity index (χ2n) is 4.72. The highest BCUT2D eigenvalue weighted by Gasteiger charge is 2.29. The summed E-state index contributed by atoms with van der Waals surface area (Å²) < 4.78 is 64.1. The summed E-state index contributed by atoms with van der Waals surface area (Å²) in [6.45, 7) is 0. The molecule has 0 spiro atoms. The normalized spacial score (nSPS) is 11.2. The molecular formula is C15H9F5N2O2S2. The molecule has 0 aromatic heterocycles. The summed E-state index contributed by atoms with van der Waals surface area (Å²) in [4.78, 5) is 23.9. The van der Waals surface area contributed by atoms with Gasteiger partial charge in [-0.3, -0.25) is 4.79 Å². The van der Waals surface area contributed by atoms with Crippen molar-refractivity contribution in [2.24, 2.45) is 0 Å². The van der Waals surface area contributed by atoms with Crippen LogP contribution in [0.2, 0.25) is 0 Å². The van der Waals surface area contributed by atoms with Crippen LogP contribution in [0.1, 0.15) is 10.4 Å². The summed E-state index contributed by atoms with van der Waals surface area (Å²) in [6, 6.07) is 6.13. The van der Waals surface area contributed by atoms with Gasteiger partial charge in [0.15, 0.2) is 0 Å². The second-order valence-corrected chi connectivity index (χ2v) is 6.25. The van der Waals surface area contributed by atoms with Crippen molar-refractivity contribution in [3.8, 4) is 0 Å². The average molecular weight is 408 g/mol. The highest BCUT2D eigenvalue weighted by atomic mass is 32.2. The number of carbonyl (C=O) groups is 2. The fourth-order valence-corrected chi connectivity index (χ4v) is 2.51. The minimum absolute atomic E-state index is 0.0578. The molecule has 11 heteroatoms. The predicted octanol–water partition coefficient (Wildman–Crippen LogP) is 5.10. The molecule has 0 aliphatic rings. The molecule has 0 unspecified atom stereocenters. The summed E-state index contributed by atoms with van der Waals surface area (Å²) in [6.07, 6.45) is 0. The van der Waals surface area contributed by atoms with Gasteiger partial charge in [0.1, 0.15) is 17.2 Å². The Kier molecular flexibility index (Phi) is 6.13. The van der Waals surface area contributed by atoms with E-state index in [-0.39, 0.29) is 26.6 Å². The fraction of sp³-hybridized carbons (Fsp3) is 0.0667. The number of carbonyl (C=O) groups excluding carboxylic acids is 2. The zero-order valence-electron chi connectivity index (χ0n) is 12.6. The van der Waals surface area contributed by atoms with Crippen LogP contribution in [0, 0.1) is 11.6 Å². The van der Waals surface area contributed by atoms with Crippen molar-refractivity contribution in [3.63, 3.8) is 0 Å². The van der Waals surface area contributed by atoms with Gasteiger partial charge in [0.2, 0.25) is 0 Å². The SMILES string of the molecule is O=C(Nc1ccc(SC(F)(F)F)cc1)N(S)C(=O)c1c(F)cccc1F. The number of alkyl halides is 3. The standard InChI is InChI=1S/C15H9F5N2O2S2/c16-10-2-1-3-11(17)12(10)13(23)22(25)14(24)21-8-4-6-9(7-5-8)26-15(18,19)20/h1-7,25H,(H,21,24). The monoisotopic (exact) mass is 408 g/mol. The predicted molar refractivity (Wildman–Crippen MR) is 88.9 cm³/mol. The molecule has 3 amide bonds. The molecule has 0 radical (unpaired) electrons. The van der Waals surface area contributed by atoms with Crippen LogP contribution in [-0.2, 0) is 0 Å². The van der Waals surface area contributed by atoms with Crippen LogP contribution in [-0.4, -0.2) is 21.8 Å². The number of anilines is 1. The van der Waals surface area contributed by atoms with Gasteiger partial charge in [-0.15, -0.1) is 0 Å². The molecule has 0 bridgehead atoms. The Hall–Kier alpha value is -2.27. The zero-order valence-corrected chi connectivity index (χ0v) is 14.3. The van der Waals surface area contributed by atoms with Crippen LogP contribution >= 0.6 is 24.6 Å². The molecule has 0 saturated heterocycles.